The lowest BCUT2D eigenvalue weighted by Crippen LogP contribution is -2.30. The van der Waals surface area contributed by atoms with Crippen molar-refractivity contribution in [2.24, 2.45) is 0 Å². The molecule has 0 N–H and O–H groups in total. The van der Waals surface area contributed by atoms with E-state index in [9.17, 15) is 4.79 Å². The molecule has 1 saturated heterocycles. The average molecular weight is 398 g/mol. The number of nitrogens with zero attached hydrogens (tertiary/aromatic N) is 4. The maximum Gasteiger partial charge on any atom is 0.253 e. The number of aromatic nitrogens is 3. The van der Waals surface area contributed by atoms with E-state index in [1.54, 1.807) is 6.20 Å². The van der Waals surface area contributed by atoms with E-state index in [1.807, 2.05) is 82.5 Å². The topological polar surface area (TPSA) is 60.2 Å². The van der Waals surface area contributed by atoms with Gasteiger partial charge in [0.15, 0.2) is 0 Å². The van der Waals surface area contributed by atoms with E-state index < -0.39 is 0 Å². The SMILES string of the molecule is O=C(c1ccc(-n2cnc3ccccc32)cc1)N1CC[C@@H](OCc2ccccn2)C1. The zero-order valence-corrected chi connectivity index (χ0v) is 16.5. The van der Waals surface area contributed by atoms with Crippen LogP contribution in [0.4, 0.5) is 0 Å². The molecule has 1 aliphatic rings. The van der Waals surface area contributed by atoms with Crippen LogP contribution in [-0.2, 0) is 11.3 Å². The Morgan fingerprint density at radius 1 is 1.00 bits per heavy atom. The summed E-state index contributed by atoms with van der Waals surface area (Å²) in [5.41, 5.74) is 4.58. The minimum absolute atomic E-state index is 0.0426. The van der Waals surface area contributed by atoms with E-state index in [2.05, 4.69) is 9.97 Å². The number of carbonyl (C=O) groups is 1. The molecule has 0 spiro atoms. The van der Waals surface area contributed by atoms with Crippen molar-refractivity contribution in [1.82, 2.24) is 19.4 Å². The van der Waals surface area contributed by atoms with Gasteiger partial charge in [0.2, 0.25) is 0 Å². The van der Waals surface area contributed by atoms with E-state index >= 15 is 0 Å². The Labute approximate surface area is 174 Å². The molecule has 0 radical (unpaired) electrons. The van der Waals surface area contributed by atoms with Crippen molar-refractivity contribution in [3.8, 4) is 5.69 Å². The van der Waals surface area contributed by atoms with Gasteiger partial charge in [0, 0.05) is 30.5 Å². The number of amides is 1. The van der Waals surface area contributed by atoms with Gasteiger partial charge < -0.3 is 9.64 Å². The third-order valence-electron chi connectivity index (χ3n) is 5.47. The summed E-state index contributed by atoms with van der Waals surface area (Å²) in [6.45, 7) is 1.79. The number of rotatable bonds is 5. The van der Waals surface area contributed by atoms with Crippen molar-refractivity contribution < 1.29 is 9.53 Å². The standard InChI is InChI=1S/C24H22N4O2/c29-24(27-14-12-21(15-27)30-16-19-5-3-4-13-25-19)18-8-10-20(11-9-18)28-17-26-22-6-1-2-7-23(22)28/h1-11,13,17,21H,12,14-16H2/t21-/m1/s1. The Hall–Kier alpha value is -3.51. The van der Waals surface area contributed by atoms with Gasteiger partial charge in [-0.1, -0.05) is 18.2 Å². The van der Waals surface area contributed by atoms with Crippen molar-refractivity contribution in [1.29, 1.82) is 0 Å². The Morgan fingerprint density at radius 3 is 2.67 bits per heavy atom. The third kappa shape index (κ3) is 3.69. The zero-order valence-electron chi connectivity index (χ0n) is 16.5. The molecule has 0 unspecified atom stereocenters. The lowest BCUT2D eigenvalue weighted by Gasteiger charge is -2.17. The first kappa shape index (κ1) is 18.5. The van der Waals surface area contributed by atoms with Gasteiger partial charge in [-0.25, -0.2) is 4.98 Å². The van der Waals surface area contributed by atoms with Gasteiger partial charge in [-0.05, 0) is 55.0 Å². The Kier molecular flexibility index (Phi) is 4.99. The second-order valence-electron chi connectivity index (χ2n) is 7.44. The highest BCUT2D eigenvalue weighted by Crippen LogP contribution is 2.21. The zero-order chi connectivity index (χ0) is 20.3. The van der Waals surface area contributed by atoms with Crippen LogP contribution in [0.1, 0.15) is 22.5 Å². The summed E-state index contributed by atoms with van der Waals surface area (Å²) in [5.74, 6) is 0.0426. The maximum atomic E-state index is 12.9. The molecule has 30 heavy (non-hydrogen) atoms. The summed E-state index contributed by atoms with van der Waals surface area (Å²) in [6, 6.07) is 21.5. The van der Waals surface area contributed by atoms with Crippen molar-refractivity contribution >= 4 is 16.9 Å². The number of hydrogen-bond donors (Lipinski definition) is 0. The number of pyridine rings is 1. The van der Waals surface area contributed by atoms with E-state index in [0.29, 0.717) is 25.3 Å². The minimum Gasteiger partial charge on any atom is -0.370 e. The van der Waals surface area contributed by atoms with Crippen LogP contribution >= 0.6 is 0 Å². The average Bonchev–Trinajstić information content (AvgIpc) is 3.45. The quantitative estimate of drug-likeness (QED) is 0.512. The first-order chi connectivity index (χ1) is 14.8. The lowest BCUT2D eigenvalue weighted by molar-refractivity contribution is 0.0422. The minimum atomic E-state index is 0.0426. The van der Waals surface area contributed by atoms with Gasteiger partial charge in [0.1, 0.15) is 6.33 Å². The number of hydrogen-bond acceptors (Lipinski definition) is 4. The van der Waals surface area contributed by atoms with E-state index in [4.69, 9.17) is 4.74 Å². The van der Waals surface area contributed by atoms with Crippen LogP contribution in [0.3, 0.4) is 0 Å². The Bertz CT molecular complexity index is 1150. The summed E-state index contributed by atoms with van der Waals surface area (Å²) in [6.07, 6.45) is 4.47. The van der Waals surface area contributed by atoms with Crippen molar-refractivity contribution in [2.45, 2.75) is 19.1 Å². The van der Waals surface area contributed by atoms with E-state index in [-0.39, 0.29) is 12.0 Å². The van der Waals surface area contributed by atoms with E-state index in [1.165, 1.54) is 0 Å². The second-order valence-corrected chi connectivity index (χ2v) is 7.44. The largest absolute Gasteiger partial charge is 0.370 e. The molecule has 1 atom stereocenters. The molecule has 1 fully saturated rings. The molecule has 2 aromatic heterocycles. The number of ether oxygens (including phenoxy) is 1. The van der Waals surface area contributed by atoms with Crippen molar-refractivity contribution in [3.63, 3.8) is 0 Å². The van der Waals surface area contributed by atoms with Gasteiger partial charge >= 0.3 is 0 Å². The first-order valence-corrected chi connectivity index (χ1v) is 10.1. The molecule has 0 aliphatic carbocycles. The maximum absolute atomic E-state index is 12.9. The van der Waals surface area contributed by atoms with Crippen molar-refractivity contribution in [3.05, 3.63) is 90.5 Å². The van der Waals surface area contributed by atoms with Crippen LogP contribution in [0.25, 0.3) is 16.7 Å². The number of benzene rings is 2. The van der Waals surface area contributed by atoms with Crippen molar-refractivity contribution in [2.75, 3.05) is 13.1 Å². The van der Waals surface area contributed by atoms with Crippen LogP contribution in [0.2, 0.25) is 0 Å². The Morgan fingerprint density at radius 2 is 1.83 bits per heavy atom. The highest BCUT2D eigenvalue weighted by Gasteiger charge is 2.27. The third-order valence-corrected chi connectivity index (χ3v) is 5.47. The van der Waals surface area contributed by atoms with Gasteiger partial charge in [0.05, 0.1) is 29.4 Å². The van der Waals surface area contributed by atoms with Crippen LogP contribution in [0.5, 0.6) is 0 Å². The van der Waals surface area contributed by atoms with Gasteiger partial charge in [-0.2, -0.15) is 0 Å². The summed E-state index contributed by atoms with van der Waals surface area (Å²) in [4.78, 5) is 23.5. The van der Waals surface area contributed by atoms with Crippen LogP contribution in [0, 0.1) is 0 Å². The predicted molar refractivity (Wildman–Crippen MR) is 114 cm³/mol. The van der Waals surface area contributed by atoms with Gasteiger partial charge in [-0.15, -0.1) is 0 Å². The summed E-state index contributed by atoms with van der Waals surface area (Å²) in [5, 5.41) is 0. The molecular formula is C24H22N4O2. The fraction of sp³-hybridized carbons (Fsp3) is 0.208. The van der Waals surface area contributed by atoms with Gasteiger partial charge in [-0.3, -0.25) is 14.3 Å². The molecular weight excluding hydrogens is 376 g/mol. The smallest absolute Gasteiger partial charge is 0.253 e. The Balaban J connectivity index is 1.23. The molecule has 150 valence electrons. The van der Waals surface area contributed by atoms with Gasteiger partial charge in [0.25, 0.3) is 5.91 Å². The first-order valence-electron chi connectivity index (χ1n) is 10.1. The fourth-order valence-electron chi connectivity index (χ4n) is 3.85. The molecule has 1 amide bonds. The van der Waals surface area contributed by atoms with Crippen LogP contribution in [-0.4, -0.2) is 44.5 Å². The molecule has 3 heterocycles. The monoisotopic (exact) mass is 398 g/mol. The fourth-order valence-corrected chi connectivity index (χ4v) is 3.85. The second kappa shape index (κ2) is 8.08. The number of likely N-dealkylation sites (tertiary alicyclic amines) is 1. The molecule has 2 aromatic carbocycles. The summed E-state index contributed by atoms with van der Waals surface area (Å²) >= 11 is 0. The van der Waals surface area contributed by atoms with Crippen LogP contribution < -0.4 is 0 Å². The molecule has 0 saturated carbocycles. The molecule has 5 rings (SSSR count). The lowest BCUT2D eigenvalue weighted by atomic mass is 10.2. The van der Waals surface area contributed by atoms with E-state index in [0.717, 1.165) is 28.8 Å². The number of fused-ring (bicyclic) bond motifs is 1. The molecule has 0 bridgehead atoms. The summed E-state index contributed by atoms with van der Waals surface area (Å²) < 4.78 is 7.98. The molecule has 6 heteroatoms. The normalized spacial score (nSPS) is 16.3. The number of carbonyl (C=O) groups excluding carboxylic acids is 1. The highest BCUT2D eigenvalue weighted by atomic mass is 16.5. The molecule has 4 aromatic rings. The summed E-state index contributed by atoms with van der Waals surface area (Å²) in [7, 11) is 0. The van der Waals surface area contributed by atoms with Crippen LogP contribution in [0.15, 0.2) is 79.3 Å². The molecule has 6 nitrogen and oxygen atoms in total. The molecule has 1 aliphatic heterocycles. The number of imidazole rings is 1. The number of para-hydroxylation sites is 2. The highest BCUT2D eigenvalue weighted by molar-refractivity contribution is 5.94. The predicted octanol–water partition coefficient (Wildman–Crippen LogP) is 3.85.